The molecule has 0 bridgehead atoms. The van der Waals surface area contributed by atoms with Crippen LogP contribution < -0.4 is 19.6 Å². The van der Waals surface area contributed by atoms with Gasteiger partial charge < -0.3 is 19.2 Å². The number of hydrogen-bond acceptors (Lipinski definition) is 5. The Balaban J connectivity index is 1.59. The molecule has 4 aromatic rings. The molecule has 5 rings (SSSR count). The van der Waals surface area contributed by atoms with Crippen molar-refractivity contribution in [2.45, 2.75) is 12.5 Å². The van der Waals surface area contributed by atoms with Gasteiger partial charge in [0.2, 0.25) is 5.91 Å². The number of rotatable bonds is 6. The van der Waals surface area contributed by atoms with Crippen LogP contribution in [0.2, 0.25) is 0 Å². The number of para-hydroxylation sites is 1. The van der Waals surface area contributed by atoms with Crippen molar-refractivity contribution in [2.24, 2.45) is 0 Å². The number of hydrazine groups is 1. The second-order valence-corrected chi connectivity index (χ2v) is 8.21. The largest absolute Gasteiger partial charge is 0.497 e. The van der Waals surface area contributed by atoms with E-state index >= 15 is 0 Å². The molecule has 35 heavy (non-hydrogen) atoms. The third-order valence-corrected chi connectivity index (χ3v) is 6.30. The van der Waals surface area contributed by atoms with E-state index in [1.807, 2.05) is 60.7 Å². The van der Waals surface area contributed by atoms with E-state index in [2.05, 4.69) is 10.4 Å². The molecule has 0 aliphatic carbocycles. The Bertz CT molecular complexity index is 1410. The number of hydrogen-bond donors (Lipinski definition) is 2. The zero-order valence-electron chi connectivity index (χ0n) is 19.6. The Morgan fingerprint density at radius 3 is 2.40 bits per heavy atom. The second-order valence-electron chi connectivity index (χ2n) is 8.21. The summed E-state index contributed by atoms with van der Waals surface area (Å²) in [5.41, 5.74) is 6.63. The molecule has 2 heterocycles. The maximum atomic E-state index is 13.4. The Hall–Kier alpha value is -4.46. The summed E-state index contributed by atoms with van der Waals surface area (Å²) in [6.07, 6.45) is 1.76. The van der Waals surface area contributed by atoms with Gasteiger partial charge in [0.05, 0.1) is 33.3 Å². The van der Waals surface area contributed by atoms with E-state index in [1.54, 1.807) is 27.5 Å². The molecule has 0 radical (unpaired) electrons. The van der Waals surface area contributed by atoms with Crippen LogP contribution in [0.5, 0.6) is 17.2 Å². The fourth-order valence-electron chi connectivity index (χ4n) is 4.55. The molecule has 0 unspecified atom stereocenters. The highest BCUT2D eigenvalue weighted by molar-refractivity contribution is 6.07. The summed E-state index contributed by atoms with van der Waals surface area (Å²) < 4.78 is 16.3. The molecule has 0 saturated heterocycles. The highest BCUT2D eigenvalue weighted by Crippen LogP contribution is 2.41. The average molecular weight is 472 g/mol. The molecule has 178 valence electrons. The predicted octanol–water partition coefficient (Wildman–Crippen LogP) is 4.01. The topological polar surface area (TPSA) is 92.9 Å². The SMILES string of the molecule is COc1ccc([C@@H]2c3cc(OC)c(OC)cc3CC(=O)N2NC(=O)c2c[nH]c3ccccc23)cc1. The quantitative estimate of drug-likeness (QED) is 0.443. The van der Waals surface area contributed by atoms with Gasteiger partial charge in [-0.15, -0.1) is 0 Å². The standard InChI is InChI=1S/C27H25N3O5/c1-33-18-10-8-16(9-11-18)26-20-14-24(35-3)23(34-2)12-17(20)13-25(31)30(26)29-27(32)21-15-28-22-7-5-4-6-19(21)22/h4-12,14-15,26,28H,13H2,1-3H3,(H,29,32)/t26-/m1/s1. The number of benzene rings is 3. The van der Waals surface area contributed by atoms with Crippen LogP contribution in [-0.4, -0.2) is 43.1 Å². The average Bonchev–Trinajstić information content (AvgIpc) is 3.33. The first kappa shape index (κ1) is 22.3. The Kier molecular flexibility index (Phi) is 5.78. The number of methoxy groups -OCH3 is 3. The summed E-state index contributed by atoms with van der Waals surface area (Å²) in [5.74, 6) is 1.17. The minimum Gasteiger partial charge on any atom is -0.497 e. The van der Waals surface area contributed by atoms with Gasteiger partial charge in [-0.2, -0.15) is 0 Å². The number of carbonyl (C=O) groups is 2. The molecule has 1 atom stereocenters. The zero-order valence-corrected chi connectivity index (χ0v) is 19.6. The number of fused-ring (bicyclic) bond motifs is 2. The van der Waals surface area contributed by atoms with Crippen molar-refractivity contribution in [2.75, 3.05) is 21.3 Å². The van der Waals surface area contributed by atoms with Crippen LogP contribution in [0.3, 0.4) is 0 Å². The number of aromatic nitrogens is 1. The summed E-state index contributed by atoms with van der Waals surface area (Å²) in [6, 6.07) is 18.1. The molecule has 0 saturated carbocycles. The predicted molar refractivity (Wildman–Crippen MR) is 131 cm³/mol. The van der Waals surface area contributed by atoms with Crippen LogP contribution in [0.1, 0.15) is 33.1 Å². The summed E-state index contributed by atoms with van der Waals surface area (Å²) in [4.78, 5) is 29.9. The van der Waals surface area contributed by atoms with E-state index in [1.165, 1.54) is 5.01 Å². The number of nitrogens with zero attached hydrogens (tertiary/aromatic N) is 1. The molecule has 1 aromatic heterocycles. The van der Waals surface area contributed by atoms with Crippen molar-refractivity contribution < 1.29 is 23.8 Å². The summed E-state index contributed by atoms with van der Waals surface area (Å²) in [5, 5.41) is 2.18. The Morgan fingerprint density at radius 2 is 1.69 bits per heavy atom. The molecular formula is C27H25N3O5. The van der Waals surface area contributed by atoms with E-state index in [-0.39, 0.29) is 18.2 Å². The number of ether oxygens (including phenoxy) is 3. The second kappa shape index (κ2) is 9.06. The van der Waals surface area contributed by atoms with Gasteiger partial charge >= 0.3 is 0 Å². The van der Waals surface area contributed by atoms with E-state index in [0.29, 0.717) is 22.8 Å². The fraction of sp³-hybridized carbons (Fsp3) is 0.185. The molecule has 0 fully saturated rings. The van der Waals surface area contributed by atoms with Gasteiger partial charge in [0.25, 0.3) is 5.91 Å². The van der Waals surface area contributed by atoms with Gasteiger partial charge in [-0.05, 0) is 47.0 Å². The molecule has 2 N–H and O–H groups in total. The van der Waals surface area contributed by atoms with Crippen LogP contribution in [0, 0.1) is 0 Å². The molecule has 1 aliphatic rings. The van der Waals surface area contributed by atoms with Crippen molar-refractivity contribution >= 4 is 22.7 Å². The lowest BCUT2D eigenvalue weighted by Gasteiger charge is -2.37. The van der Waals surface area contributed by atoms with E-state index < -0.39 is 6.04 Å². The summed E-state index contributed by atoms with van der Waals surface area (Å²) in [7, 11) is 4.72. The monoisotopic (exact) mass is 471 g/mol. The zero-order chi connectivity index (χ0) is 24.5. The molecule has 8 nitrogen and oxygen atoms in total. The number of amides is 2. The van der Waals surface area contributed by atoms with E-state index in [4.69, 9.17) is 14.2 Å². The van der Waals surface area contributed by atoms with E-state index in [0.717, 1.165) is 27.6 Å². The van der Waals surface area contributed by atoms with Crippen molar-refractivity contribution in [3.8, 4) is 17.2 Å². The molecular weight excluding hydrogens is 446 g/mol. The van der Waals surface area contributed by atoms with Gasteiger partial charge in [-0.25, -0.2) is 5.01 Å². The van der Waals surface area contributed by atoms with Gasteiger partial charge in [0, 0.05) is 17.1 Å². The lowest BCUT2D eigenvalue weighted by Crippen LogP contribution is -2.51. The third-order valence-electron chi connectivity index (χ3n) is 6.30. The first-order chi connectivity index (χ1) is 17.0. The number of carbonyl (C=O) groups excluding carboxylic acids is 2. The Labute approximate surface area is 202 Å². The highest BCUT2D eigenvalue weighted by atomic mass is 16.5. The molecule has 2 amide bonds. The van der Waals surface area contributed by atoms with Crippen molar-refractivity contribution in [3.05, 3.63) is 89.1 Å². The van der Waals surface area contributed by atoms with Crippen molar-refractivity contribution in [3.63, 3.8) is 0 Å². The summed E-state index contributed by atoms with van der Waals surface area (Å²) in [6.45, 7) is 0. The number of nitrogens with one attached hydrogen (secondary N) is 2. The fourth-order valence-corrected chi connectivity index (χ4v) is 4.55. The van der Waals surface area contributed by atoms with Crippen LogP contribution in [0.25, 0.3) is 10.9 Å². The third kappa shape index (κ3) is 3.93. The first-order valence-electron chi connectivity index (χ1n) is 11.1. The molecule has 3 aromatic carbocycles. The van der Waals surface area contributed by atoms with Gasteiger partial charge in [-0.1, -0.05) is 30.3 Å². The van der Waals surface area contributed by atoms with Gasteiger partial charge in [-0.3, -0.25) is 15.0 Å². The normalized spacial score (nSPS) is 15.0. The van der Waals surface area contributed by atoms with Crippen LogP contribution in [0.4, 0.5) is 0 Å². The van der Waals surface area contributed by atoms with Crippen molar-refractivity contribution in [1.29, 1.82) is 0 Å². The molecule has 1 aliphatic heterocycles. The number of aromatic amines is 1. The lowest BCUT2D eigenvalue weighted by molar-refractivity contribution is -0.136. The number of H-pyrrole nitrogens is 1. The molecule has 8 heteroatoms. The minimum absolute atomic E-state index is 0.108. The highest BCUT2D eigenvalue weighted by Gasteiger charge is 2.36. The minimum atomic E-state index is -0.578. The first-order valence-corrected chi connectivity index (χ1v) is 11.1. The van der Waals surface area contributed by atoms with Crippen LogP contribution >= 0.6 is 0 Å². The summed E-state index contributed by atoms with van der Waals surface area (Å²) >= 11 is 0. The van der Waals surface area contributed by atoms with E-state index in [9.17, 15) is 9.59 Å². The Morgan fingerprint density at radius 1 is 0.971 bits per heavy atom. The maximum Gasteiger partial charge on any atom is 0.272 e. The van der Waals surface area contributed by atoms with Crippen LogP contribution in [0.15, 0.2) is 66.9 Å². The van der Waals surface area contributed by atoms with Crippen LogP contribution in [-0.2, 0) is 11.2 Å². The lowest BCUT2D eigenvalue weighted by atomic mass is 9.88. The molecule has 0 spiro atoms. The van der Waals surface area contributed by atoms with Crippen molar-refractivity contribution in [1.82, 2.24) is 15.4 Å². The van der Waals surface area contributed by atoms with Gasteiger partial charge in [0.15, 0.2) is 11.5 Å². The van der Waals surface area contributed by atoms with Gasteiger partial charge in [0.1, 0.15) is 11.8 Å². The smallest absolute Gasteiger partial charge is 0.272 e. The maximum absolute atomic E-state index is 13.4.